The summed E-state index contributed by atoms with van der Waals surface area (Å²) in [7, 11) is 2.15. The molecule has 0 fully saturated rings. The maximum absolute atomic E-state index is 13.6. The molecule has 0 spiro atoms. The summed E-state index contributed by atoms with van der Waals surface area (Å²) in [6.07, 6.45) is 1.69. The van der Waals surface area contributed by atoms with Gasteiger partial charge >= 0.3 is 0 Å². The predicted molar refractivity (Wildman–Crippen MR) is 107 cm³/mol. The molecule has 0 saturated heterocycles. The summed E-state index contributed by atoms with van der Waals surface area (Å²) in [6, 6.07) is 17.7. The van der Waals surface area contributed by atoms with Gasteiger partial charge in [0.2, 0.25) is 0 Å². The van der Waals surface area contributed by atoms with Gasteiger partial charge in [0.1, 0.15) is 5.82 Å². The van der Waals surface area contributed by atoms with Gasteiger partial charge in [0, 0.05) is 40.3 Å². The molecule has 3 heterocycles. The Kier molecular flexibility index (Phi) is 3.99. The Bertz CT molecular complexity index is 1120. The van der Waals surface area contributed by atoms with Crippen LogP contribution >= 0.6 is 11.3 Å². The number of fused-ring (bicyclic) bond motifs is 2. The van der Waals surface area contributed by atoms with Crippen molar-refractivity contribution in [3.63, 3.8) is 0 Å². The minimum atomic E-state index is -0.179. The molecule has 0 radical (unpaired) electrons. The summed E-state index contributed by atoms with van der Waals surface area (Å²) in [4.78, 5) is 3.63. The van der Waals surface area contributed by atoms with Crippen LogP contribution in [0.1, 0.15) is 21.9 Å². The molecule has 2 aromatic heterocycles. The Morgan fingerprint density at radius 2 is 2.04 bits per heavy atom. The fraction of sp³-hybridized carbons (Fsp3) is 0.182. The predicted octanol–water partition coefficient (Wildman–Crippen LogP) is 5.07. The number of likely N-dealkylation sites (N-methyl/N-ethyl adjacent to an activating group) is 1. The summed E-state index contributed by atoms with van der Waals surface area (Å²) >= 11 is 1.76. The van der Waals surface area contributed by atoms with Crippen LogP contribution in [0.3, 0.4) is 0 Å². The van der Waals surface area contributed by atoms with Gasteiger partial charge in [0.25, 0.3) is 0 Å². The lowest BCUT2D eigenvalue weighted by molar-refractivity contribution is 0.296. The highest BCUT2D eigenvalue weighted by molar-refractivity contribution is 7.19. The van der Waals surface area contributed by atoms with E-state index < -0.39 is 0 Å². The summed E-state index contributed by atoms with van der Waals surface area (Å²) < 4.78 is 14.7. The molecule has 0 aliphatic carbocycles. The third-order valence-corrected chi connectivity index (χ3v) is 6.39. The highest BCUT2D eigenvalue weighted by atomic mass is 32.1. The lowest BCUT2D eigenvalue weighted by Crippen LogP contribution is -2.30. The molecule has 1 atom stereocenters. The van der Waals surface area contributed by atoms with E-state index in [1.807, 2.05) is 18.2 Å². The molecule has 0 amide bonds. The van der Waals surface area contributed by atoms with Crippen molar-refractivity contribution in [2.45, 2.75) is 12.5 Å². The van der Waals surface area contributed by atoms with E-state index in [0.717, 1.165) is 34.4 Å². The molecule has 5 heteroatoms. The van der Waals surface area contributed by atoms with Gasteiger partial charge in [-0.15, -0.1) is 11.3 Å². The number of rotatable bonds is 2. The first kappa shape index (κ1) is 16.5. The molecule has 134 valence electrons. The van der Waals surface area contributed by atoms with Crippen molar-refractivity contribution in [2.24, 2.45) is 0 Å². The number of hydrogen-bond acceptors (Lipinski definition) is 4. The van der Waals surface area contributed by atoms with Crippen molar-refractivity contribution in [3.05, 3.63) is 82.6 Å². The first-order valence-corrected chi connectivity index (χ1v) is 9.77. The molecule has 27 heavy (non-hydrogen) atoms. The zero-order valence-electron chi connectivity index (χ0n) is 14.9. The average Bonchev–Trinajstić information content (AvgIpc) is 3.10. The van der Waals surface area contributed by atoms with Crippen molar-refractivity contribution in [2.75, 3.05) is 13.6 Å². The molecule has 2 aromatic carbocycles. The lowest BCUT2D eigenvalue weighted by atomic mass is 9.87. The Morgan fingerprint density at radius 3 is 2.89 bits per heavy atom. The number of nitrogens with zero attached hydrogens (tertiary/aromatic N) is 3. The van der Waals surface area contributed by atoms with Crippen LogP contribution in [0.5, 0.6) is 0 Å². The Hall–Kier alpha value is -2.63. The summed E-state index contributed by atoms with van der Waals surface area (Å²) in [5.41, 5.74) is 4.66. The van der Waals surface area contributed by atoms with Gasteiger partial charge < -0.3 is 4.90 Å². The third kappa shape index (κ3) is 3.03. The molecule has 3 nitrogen and oxygen atoms in total. The number of halogens is 1. The van der Waals surface area contributed by atoms with Crippen molar-refractivity contribution in [1.82, 2.24) is 15.1 Å². The van der Waals surface area contributed by atoms with Gasteiger partial charge in [-0.3, -0.25) is 0 Å². The van der Waals surface area contributed by atoms with Gasteiger partial charge in [0.15, 0.2) is 0 Å². The second-order valence-corrected chi connectivity index (χ2v) is 8.22. The van der Waals surface area contributed by atoms with Crippen LogP contribution in [0.4, 0.5) is 4.39 Å². The molecule has 0 N–H and O–H groups in total. The molecule has 0 bridgehead atoms. The molecule has 0 saturated carbocycles. The SMILES string of the molecule is CN1Cc2cc(-c3cccnn3)ccc2C(c2cc3cc(F)ccc3s2)C1. The van der Waals surface area contributed by atoms with Crippen molar-refractivity contribution >= 4 is 21.4 Å². The van der Waals surface area contributed by atoms with Crippen LogP contribution in [-0.4, -0.2) is 28.7 Å². The highest BCUT2D eigenvalue weighted by Gasteiger charge is 2.26. The topological polar surface area (TPSA) is 29.0 Å². The normalized spacial score (nSPS) is 17.2. The maximum atomic E-state index is 13.6. The molecule has 5 rings (SSSR count). The minimum Gasteiger partial charge on any atom is -0.301 e. The summed E-state index contributed by atoms with van der Waals surface area (Å²) in [5, 5.41) is 9.21. The highest BCUT2D eigenvalue weighted by Crippen LogP contribution is 2.40. The second kappa shape index (κ2) is 6.51. The molecule has 4 aromatic rings. The van der Waals surface area contributed by atoms with Crippen LogP contribution < -0.4 is 0 Å². The fourth-order valence-corrected chi connectivity index (χ4v) is 5.07. The molecule has 1 aliphatic heterocycles. The Morgan fingerprint density at radius 1 is 1.11 bits per heavy atom. The minimum absolute atomic E-state index is 0.179. The zero-order chi connectivity index (χ0) is 18.4. The van der Waals surface area contributed by atoms with E-state index >= 15 is 0 Å². The van der Waals surface area contributed by atoms with Gasteiger partial charge in [-0.05, 0) is 66.0 Å². The van der Waals surface area contributed by atoms with Gasteiger partial charge in [-0.1, -0.05) is 12.1 Å². The van der Waals surface area contributed by atoms with E-state index in [1.165, 1.54) is 22.1 Å². The van der Waals surface area contributed by atoms with E-state index in [1.54, 1.807) is 23.6 Å². The smallest absolute Gasteiger partial charge is 0.123 e. The summed E-state index contributed by atoms with van der Waals surface area (Å²) in [5.74, 6) is 0.122. The van der Waals surface area contributed by atoms with Crippen LogP contribution in [0, 0.1) is 5.82 Å². The molecule has 1 unspecified atom stereocenters. The van der Waals surface area contributed by atoms with Crippen molar-refractivity contribution in [3.8, 4) is 11.3 Å². The zero-order valence-corrected chi connectivity index (χ0v) is 15.7. The van der Waals surface area contributed by atoms with E-state index in [4.69, 9.17) is 0 Å². The van der Waals surface area contributed by atoms with Crippen molar-refractivity contribution in [1.29, 1.82) is 0 Å². The van der Waals surface area contributed by atoms with Crippen LogP contribution in [0.2, 0.25) is 0 Å². The van der Waals surface area contributed by atoms with Gasteiger partial charge in [-0.2, -0.15) is 10.2 Å². The van der Waals surface area contributed by atoms with E-state index in [0.29, 0.717) is 5.92 Å². The van der Waals surface area contributed by atoms with E-state index in [2.05, 4.69) is 46.4 Å². The third-order valence-electron chi connectivity index (χ3n) is 5.16. The average molecular weight is 375 g/mol. The fourth-order valence-electron chi connectivity index (χ4n) is 3.91. The maximum Gasteiger partial charge on any atom is 0.123 e. The largest absolute Gasteiger partial charge is 0.301 e. The van der Waals surface area contributed by atoms with Gasteiger partial charge in [-0.25, -0.2) is 4.39 Å². The van der Waals surface area contributed by atoms with E-state index in [-0.39, 0.29) is 5.82 Å². The molecular formula is C22H18FN3S. The van der Waals surface area contributed by atoms with Crippen LogP contribution in [0.25, 0.3) is 21.3 Å². The Labute approximate surface area is 161 Å². The lowest BCUT2D eigenvalue weighted by Gasteiger charge is -2.32. The van der Waals surface area contributed by atoms with Gasteiger partial charge in [0.05, 0.1) is 5.69 Å². The van der Waals surface area contributed by atoms with Crippen molar-refractivity contribution < 1.29 is 4.39 Å². The quantitative estimate of drug-likeness (QED) is 0.489. The van der Waals surface area contributed by atoms with Crippen LogP contribution in [0.15, 0.2) is 60.8 Å². The number of benzene rings is 2. The molecule has 1 aliphatic rings. The first-order chi connectivity index (χ1) is 13.2. The number of hydrogen-bond donors (Lipinski definition) is 0. The van der Waals surface area contributed by atoms with E-state index in [9.17, 15) is 4.39 Å². The standard InChI is InChI=1S/C22H18FN3S/c1-26-12-16-9-14(20-3-2-8-24-25-20)4-6-18(16)19(13-26)22-11-15-10-17(23)5-7-21(15)27-22/h2-11,19H,12-13H2,1H3. The monoisotopic (exact) mass is 375 g/mol. The number of aromatic nitrogens is 2. The Balaban J connectivity index is 1.59. The second-order valence-electron chi connectivity index (χ2n) is 7.10. The first-order valence-electron chi connectivity index (χ1n) is 8.96. The molecular weight excluding hydrogens is 357 g/mol. The number of thiophene rings is 1. The summed E-state index contributed by atoms with van der Waals surface area (Å²) in [6.45, 7) is 1.88. The van der Waals surface area contributed by atoms with Crippen LogP contribution in [-0.2, 0) is 6.54 Å².